The summed E-state index contributed by atoms with van der Waals surface area (Å²) in [4.78, 5) is 11.1. The van der Waals surface area contributed by atoms with Crippen molar-refractivity contribution in [2.24, 2.45) is 11.1 Å². The van der Waals surface area contributed by atoms with E-state index >= 15 is 0 Å². The molecule has 3 N–H and O–H groups in total. The Kier molecular flexibility index (Phi) is 3.97. The SMILES string of the molecule is CC(C)(CNc1ccc(C#N)cc1Cl)C(N)=O. The van der Waals surface area contributed by atoms with Crippen LogP contribution in [0.15, 0.2) is 18.2 Å². The molecule has 0 atom stereocenters. The molecule has 90 valence electrons. The molecule has 1 aromatic rings. The van der Waals surface area contributed by atoms with E-state index in [4.69, 9.17) is 22.6 Å². The van der Waals surface area contributed by atoms with Gasteiger partial charge in [0.1, 0.15) is 0 Å². The first kappa shape index (κ1) is 13.3. The molecular formula is C12H14ClN3O. The summed E-state index contributed by atoms with van der Waals surface area (Å²) in [6.45, 7) is 3.88. The third kappa shape index (κ3) is 3.36. The van der Waals surface area contributed by atoms with Gasteiger partial charge in [-0.3, -0.25) is 4.79 Å². The van der Waals surface area contributed by atoms with Crippen molar-refractivity contribution < 1.29 is 4.79 Å². The third-order valence-corrected chi connectivity index (χ3v) is 2.80. The average Bonchev–Trinajstić information content (AvgIpc) is 2.27. The lowest BCUT2D eigenvalue weighted by Crippen LogP contribution is -2.37. The van der Waals surface area contributed by atoms with Gasteiger partial charge in [0.05, 0.1) is 27.8 Å². The smallest absolute Gasteiger partial charge is 0.224 e. The summed E-state index contributed by atoms with van der Waals surface area (Å²) >= 11 is 5.99. The standard InChI is InChI=1S/C12H14ClN3O/c1-12(2,11(15)17)7-16-10-4-3-8(6-14)5-9(10)13/h3-5,16H,7H2,1-2H3,(H2,15,17). The lowest BCUT2D eigenvalue weighted by atomic mass is 9.92. The normalized spacial score (nSPS) is 10.7. The molecule has 0 unspecified atom stereocenters. The van der Waals surface area contributed by atoms with Crippen molar-refractivity contribution >= 4 is 23.2 Å². The number of carbonyl (C=O) groups is 1. The van der Waals surface area contributed by atoms with Gasteiger partial charge >= 0.3 is 0 Å². The van der Waals surface area contributed by atoms with Crippen LogP contribution in [-0.2, 0) is 4.79 Å². The molecule has 4 nitrogen and oxygen atoms in total. The maximum atomic E-state index is 11.1. The molecule has 0 aliphatic carbocycles. The van der Waals surface area contributed by atoms with Crippen LogP contribution in [0.25, 0.3) is 0 Å². The van der Waals surface area contributed by atoms with Crippen molar-refractivity contribution in [2.75, 3.05) is 11.9 Å². The lowest BCUT2D eigenvalue weighted by Gasteiger charge is -2.21. The van der Waals surface area contributed by atoms with Crippen molar-refractivity contribution in [2.45, 2.75) is 13.8 Å². The molecule has 0 bridgehead atoms. The van der Waals surface area contributed by atoms with Crippen molar-refractivity contribution in [3.8, 4) is 6.07 Å². The van der Waals surface area contributed by atoms with Gasteiger partial charge in [0.2, 0.25) is 5.91 Å². The molecule has 5 heteroatoms. The molecule has 0 fully saturated rings. The number of nitrogens with zero attached hydrogens (tertiary/aromatic N) is 1. The van der Waals surface area contributed by atoms with Gasteiger partial charge in [0.15, 0.2) is 0 Å². The highest BCUT2D eigenvalue weighted by atomic mass is 35.5. The number of carbonyl (C=O) groups excluding carboxylic acids is 1. The number of hydrogen-bond acceptors (Lipinski definition) is 3. The molecule has 0 spiro atoms. The van der Waals surface area contributed by atoms with Gasteiger partial charge in [0.25, 0.3) is 0 Å². The first-order valence-corrected chi connectivity index (χ1v) is 5.48. The number of rotatable bonds is 4. The van der Waals surface area contributed by atoms with Crippen LogP contribution < -0.4 is 11.1 Å². The minimum absolute atomic E-state index is 0.380. The number of amides is 1. The van der Waals surface area contributed by atoms with Crippen LogP contribution in [0.2, 0.25) is 5.02 Å². The first-order chi connectivity index (χ1) is 7.86. The molecule has 0 aromatic heterocycles. The predicted octanol–water partition coefficient (Wildman–Crippen LogP) is 2.14. The maximum Gasteiger partial charge on any atom is 0.224 e. The van der Waals surface area contributed by atoms with E-state index in [2.05, 4.69) is 5.32 Å². The highest BCUT2D eigenvalue weighted by molar-refractivity contribution is 6.33. The van der Waals surface area contributed by atoms with Gasteiger partial charge in [-0.2, -0.15) is 5.26 Å². The van der Waals surface area contributed by atoms with Crippen LogP contribution in [0.1, 0.15) is 19.4 Å². The van der Waals surface area contributed by atoms with Gasteiger partial charge in [-0.1, -0.05) is 11.6 Å². The van der Waals surface area contributed by atoms with Crippen molar-refractivity contribution in [1.29, 1.82) is 5.26 Å². The number of nitrogens with one attached hydrogen (secondary N) is 1. The Balaban J connectivity index is 2.78. The van der Waals surface area contributed by atoms with Gasteiger partial charge in [-0.05, 0) is 32.0 Å². The van der Waals surface area contributed by atoms with Crippen LogP contribution in [-0.4, -0.2) is 12.5 Å². The molecule has 0 heterocycles. The van der Waals surface area contributed by atoms with E-state index in [1.54, 1.807) is 32.0 Å². The molecule has 0 radical (unpaired) electrons. The molecular weight excluding hydrogens is 238 g/mol. The van der Waals surface area contributed by atoms with E-state index in [0.717, 1.165) is 0 Å². The van der Waals surface area contributed by atoms with Crippen LogP contribution in [0.4, 0.5) is 5.69 Å². The molecule has 1 aromatic carbocycles. The second-order valence-electron chi connectivity index (χ2n) is 4.41. The minimum Gasteiger partial charge on any atom is -0.383 e. The van der Waals surface area contributed by atoms with E-state index < -0.39 is 5.41 Å². The van der Waals surface area contributed by atoms with Gasteiger partial charge in [-0.25, -0.2) is 0 Å². The zero-order valence-corrected chi connectivity index (χ0v) is 10.5. The van der Waals surface area contributed by atoms with Crippen LogP contribution >= 0.6 is 11.6 Å². The average molecular weight is 252 g/mol. The van der Waals surface area contributed by atoms with Crippen LogP contribution in [0, 0.1) is 16.7 Å². The summed E-state index contributed by atoms with van der Waals surface area (Å²) in [5.41, 5.74) is 5.78. The van der Waals surface area contributed by atoms with Crippen LogP contribution in [0.3, 0.4) is 0 Å². The quantitative estimate of drug-likeness (QED) is 0.860. The maximum absolute atomic E-state index is 11.1. The number of nitriles is 1. The summed E-state index contributed by atoms with van der Waals surface area (Å²) < 4.78 is 0. The van der Waals surface area contributed by atoms with E-state index in [1.165, 1.54) is 0 Å². The molecule has 0 aliphatic rings. The van der Waals surface area contributed by atoms with E-state index in [-0.39, 0.29) is 5.91 Å². The van der Waals surface area contributed by atoms with Gasteiger partial charge in [-0.15, -0.1) is 0 Å². The second-order valence-corrected chi connectivity index (χ2v) is 4.82. The number of nitrogens with two attached hydrogens (primary N) is 1. The largest absolute Gasteiger partial charge is 0.383 e. The highest BCUT2D eigenvalue weighted by Crippen LogP contribution is 2.24. The Labute approximate surface area is 105 Å². The zero-order valence-electron chi connectivity index (χ0n) is 9.75. The molecule has 1 rings (SSSR count). The van der Waals surface area contributed by atoms with Crippen molar-refractivity contribution in [3.05, 3.63) is 28.8 Å². The van der Waals surface area contributed by atoms with Crippen LogP contribution in [0.5, 0.6) is 0 Å². The highest BCUT2D eigenvalue weighted by Gasteiger charge is 2.24. The monoisotopic (exact) mass is 251 g/mol. The predicted molar refractivity (Wildman–Crippen MR) is 67.6 cm³/mol. The third-order valence-electron chi connectivity index (χ3n) is 2.49. The Morgan fingerprint density at radius 3 is 2.71 bits per heavy atom. The molecule has 0 aliphatic heterocycles. The molecule has 17 heavy (non-hydrogen) atoms. The summed E-state index contributed by atoms with van der Waals surface area (Å²) in [6.07, 6.45) is 0. The Morgan fingerprint density at radius 2 is 2.24 bits per heavy atom. The molecule has 1 amide bonds. The molecule has 0 saturated carbocycles. The number of primary amides is 1. The van der Waals surface area contributed by atoms with E-state index in [9.17, 15) is 4.79 Å². The first-order valence-electron chi connectivity index (χ1n) is 5.10. The van der Waals surface area contributed by atoms with E-state index in [0.29, 0.717) is 22.8 Å². The zero-order chi connectivity index (χ0) is 13.1. The Hall–Kier alpha value is -1.73. The number of anilines is 1. The Bertz CT molecular complexity index is 477. The lowest BCUT2D eigenvalue weighted by molar-refractivity contribution is -0.125. The number of benzene rings is 1. The Morgan fingerprint density at radius 1 is 1.59 bits per heavy atom. The second kappa shape index (κ2) is 5.07. The fraction of sp³-hybridized carbons (Fsp3) is 0.333. The van der Waals surface area contributed by atoms with Gasteiger partial charge < -0.3 is 11.1 Å². The van der Waals surface area contributed by atoms with Crippen molar-refractivity contribution in [3.63, 3.8) is 0 Å². The van der Waals surface area contributed by atoms with Crippen molar-refractivity contribution in [1.82, 2.24) is 0 Å². The van der Waals surface area contributed by atoms with E-state index in [1.807, 2.05) is 6.07 Å². The fourth-order valence-corrected chi connectivity index (χ4v) is 1.38. The minimum atomic E-state index is -0.656. The summed E-state index contributed by atoms with van der Waals surface area (Å²) in [6, 6.07) is 6.93. The van der Waals surface area contributed by atoms with Gasteiger partial charge in [0, 0.05) is 6.54 Å². The fourth-order valence-electron chi connectivity index (χ4n) is 1.13. The number of halogens is 1. The summed E-state index contributed by atoms with van der Waals surface area (Å²) in [5, 5.41) is 12.2. The summed E-state index contributed by atoms with van der Waals surface area (Å²) in [5.74, 6) is -0.380. The topological polar surface area (TPSA) is 78.9 Å². The molecule has 0 saturated heterocycles. The number of hydrogen-bond donors (Lipinski definition) is 2. The summed E-state index contributed by atoms with van der Waals surface area (Å²) in [7, 11) is 0.